The molecule has 51 heavy (non-hydrogen) atoms. The number of benzene rings is 2. The van der Waals surface area contributed by atoms with E-state index in [0.717, 1.165) is 76.4 Å². The summed E-state index contributed by atoms with van der Waals surface area (Å²) in [5.74, 6) is -0.0549. The largest absolute Gasteiger partial charge is 0.339 e. The number of fused-ring (bicyclic) bond motifs is 3. The van der Waals surface area contributed by atoms with E-state index in [9.17, 15) is 9.59 Å². The number of hydrogen-bond donors (Lipinski definition) is 2. The summed E-state index contributed by atoms with van der Waals surface area (Å²) in [5, 5.41) is 11.9. The lowest BCUT2D eigenvalue weighted by atomic mass is 9.89. The van der Waals surface area contributed by atoms with Gasteiger partial charge in [-0.1, -0.05) is 53.3 Å². The molecule has 1 aliphatic heterocycles. The van der Waals surface area contributed by atoms with E-state index in [1.807, 2.05) is 83.5 Å². The summed E-state index contributed by atoms with van der Waals surface area (Å²) in [6.07, 6.45) is 11.9. The van der Waals surface area contributed by atoms with Crippen molar-refractivity contribution < 1.29 is 9.59 Å². The fourth-order valence-corrected chi connectivity index (χ4v) is 9.17. The first kappa shape index (κ1) is 33.6. The maximum Gasteiger partial charge on any atom is 0.321 e. The van der Waals surface area contributed by atoms with Gasteiger partial charge in [-0.15, -0.1) is 0 Å². The Morgan fingerprint density at radius 1 is 1.00 bits per heavy atom. The molecule has 0 unspecified atom stereocenters. The first-order valence-electron chi connectivity index (χ1n) is 17.8. The van der Waals surface area contributed by atoms with Crippen LogP contribution in [0.25, 0.3) is 27.5 Å². The summed E-state index contributed by atoms with van der Waals surface area (Å²) < 4.78 is 1.90. The van der Waals surface area contributed by atoms with Crippen LogP contribution < -0.4 is 10.6 Å². The second-order valence-electron chi connectivity index (χ2n) is 13.7. The number of thiazole rings is 1. The van der Waals surface area contributed by atoms with Crippen LogP contribution in [0.1, 0.15) is 65.7 Å². The van der Waals surface area contributed by atoms with E-state index in [-0.39, 0.29) is 18.0 Å². The van der Waals surface area contributed by atoms with Crippen LogP contribution in [0.3, 0.4) is 0 Å². The maximum absolute atomic E-state index is 13.8. The summed E-state index contributed by atoms with van der Waals surface area (Å²) >= 11 is 8.37. The van der Waals surface area contributed by atoms with E-state index in [2.05, 4.69) is 20.5 Å². The third kappa shape index (κ3) is 6.90. The molecule has 262 valence electrons. The number of pyridine rings is 1. The Balaban J connectivity index is 1.05. The Morgan fingerprint density at radius 2 is 1.80 bits per heavy atom. The number of halogens is 1. The Kier molecular flexibility index (Phi) is 9.59. The molecule has 0 bridgehead atoms. The summed E-state index contributed by atoms with van der Waals surface area (Å²) in [4.78, 5) is 41.3. The second kappa shape index (κ2) is 14.6. The van der Waals surface area contributed by atoms with Crippen LogP contribution in [0.15, 0.2) is 73.1 Å². The third-order valence-corrected chi connectivity index (χ3v) is 11.9. The van der Waals surface area contributed by atoms with Crippen LogP contribution in [-0.2, 0) is 19.4 Å². The molecule has 0 spiro atoms. The van der Waals surface area contributed by atoms with E-state index in [1.165, 1.54) is 37.3 Å². The standard InChI is InChI=1S/C39H41ClN8O2S/c1-46(27-11-13-28(14-12-27)47-20-5-6-21-47)37(49)30-16-15-29(22-32(30)40)48-35-31(34(45-48)26-10-7-19-41-24-26)17-18-33-36(35)51-39(43-33)44-38(50)42-23-25-8-3-2-4-9-25/h2-4,7-10,15-16,19,22,24,27-28H,5-6,11-14,17-18,20-21,23H2,1H3,(H2,42,43,44,50)/t27-,28+. The van der Waals surface area contributed by atoms with E-state index >= 15 is 0 Å². The molecule has 0 atom stereocenters. The summed E-state index contributed by atoms with van der Waals surface area (Å²) in [6, 6.07) is 19.8. The average Bonchev–Trinajstić information content (AvgIpc) is 3.93. The Labute approximate surface area is 306 Å². The first-order chi connectivity index (χ1) is 24.9. The number of aromatic nitrogens is 4. The van der Waals surface area contributed by atoms with E-state index in [4.69, 9.17) is 21.7 Å². The predicted octanol–water partition coefficient (Wildman–Crippen LogP) is 7.61. The van der Waals surface area contributed by atoms with E-state index in [0.29, 0.717) is 34.7 Å². The van der Waals surface area contributed by atoms with Gasteiger partial charge in [-0.05, 0) is 100 Å². The van der Waals surface area contributed by atoms with Gasteiger partial charge in [0.05, 0.1) is 38.2 Å². The minimum atomic E-state index is -0.314. The topological polar surface area (TPSA) is 108 Å². The minimum absolute atomic E-state index is 0.0549. The van der Waals surface area contributed by atoms with Crippen molar-refractivity contribution in [1.29, 1.82) is 0 Å². The summed E-state index contributed by atoms with van der Waals surface area (Å²) in [7, 11) is 1.91. The number of likely N-dealkylation sites (tertiary alicyclic amines) is 1. The van der Waals surface area contributed by atoms with Gasteiger partial charge < -0.3 is 15.1 Å². The van der Waals surface area contributed by atoms with Gasteiger partial charge in [-0.3, -0.25) is 15.1 Å². The number of amides is 3. The van der Waals surface area contributed by atoms with Crippen molar-refractivity contribution in [3.05, 3.63) is 100 Å². The van der Waals surface area contributed by atoms with Crippen LogP contribution in [-0.4, -0.2) is 73.7 Å². The van der Waals surface area contributed by atoms with Gasteiger partial charge in [-0.2, -0.15) is 5.10 Å². The molecule has 2 fully saturated rings. The monoisotopic (exact) mass is 720 g/mol. The van der Waals surface area contributed by atoms with Crippen LogP contribution in [0.4, 0.5) is 9.93 Å². The molecule has 1 saturated carbocycles. The summed E-state index contributed by atoms with van der Waals surface area (Å²) in [6.45, 7) is 2.84. The molecule has 3 aromatic heterocycles. The fourth-order valence-electron chi connectivity index (χ4n) is 7.85. The Bertz CT molecular complexity index is 2030. The highest BCUT2D eigenvalue weighted by Gasteiger charge is 2.33. The molecule has 2 aromatic carbocycles. The van der Waals surface area contributed by atoms with Crippen LogP contribution in [0.5, 0.6) is 0 Å². The normalized spacial score (nSPS) is 18.5. The molecule has 0 radical (unpaired) electrons. The van der Waals surface area contributed by atoms with Crippen molar-refractivity contribution >= 4 is 40.0 Å². The number of urea groups is 1. The molecule has 2 aliphatic carbocycles. The van der Waals surface area contributed by atoms with E-state index in [1.54, 1.807) is 6.20 Å². The van der Waals surface area contributed by atoms with E-state index < -0.39 is 0 Å². The zero-order valence-electron chi connectivity index (χ0n) is 28.6. The molecule has 1 saturated heterocycles. The second-order valence-corrected chi connectivity index (χ2v) is 15.1. The number of nitrogens with one attached hydrogen (secondary N) is 2. The lowest BCUT2D eigenvalue weighted by Crippen LogP contribution is -2.44. The molecule has 12 heteroatoms. The van der Waals surface area contributed by atoms with Gasteiger partial charge in [0.1, 0.15) is 0 Å². The Hall–Kier alpha value is -4.58. The number of carbonyl (C=O) groups is 2. The van der Waals surface area contributed by atoms with Crippen molar-refractivity contribution in [2.45, 2.75) is 70.0 Å². The fraction of sp³-hybridized carbons (Fsp3) is 0.359. The van der Waals surface area contributed by atoms with Crippen molar-refractivity contribution in [3.8, 4) is 27.5 Å². The Morgan fingerprint density at radius 3 is 2.55 bits per heavy atom. The molecule has 3 amide bonds. The molecule has 2 N–H and O–H groups in total. The number of rotatable bonds is 8. The van der Waals surface area contributed by atoms with Crippen molar-refractivity contribution in [3.63, 3.8) is 0 Å². The van der Waals surface area contributed by atoms with Gasteiger partial charge in [-0.25, -0.2) is 14.5 Å². The van der Waals surface area contributed by atoms with Crippen molar-refractivity contribution in [1.82, 2.24) is 34.9 Å². The lowest BCUT2D eigenvalue weighted by molar-refractivity contribution is 0.0646. The minimum Gasteiger partial charge on any atom is -0.339 e. The number of hydrogen-bond acceptors (Lipinski definition) is 7. The maximum atomic E-state index is 13.8. The zero-order valence-corrected chi connectivity index (χ0v) is 30.2. The number of nitrogens with zero attached hydrogens (tertiary/aromatic N) is 6. The van der Waals surface area contributed by atoms with Gasteiger partial charge in [0.2, 0.25) is 0 Å². The average molecular weight is 721 g/mol. The lowest BCUT2D eigenvalue weighted by Gasteiger charge is -2.38. The predicted molar refractivity (Wildman–Crippen MR) is 202 cm³/mol. The van der Waals surface area contributed by atoms with Gasteiger partial charge in [0, 0.05) is 49.2 Å². The van der Waals surface area contributed by atoms with Crippen LogP contribution in [0, 0.1) is 0 Å². The van der Waals surface area contributed by atoms with Gasteiger partial charge in [0.25, 0.3) is 5.91 Å². The smallest absolute Gasteiger partial charge is 0.321 e. The third-order valence-electron chi connectivity index (χ3n) is 10.6. The highest BCUT2D eigenvalue weighted by molar-refractivity contribution is 7.19. The van der Waals surface area contributed by atoms with Crippen LogP contribution in [0.2, 0.25) is 5.02 Å². The molecule has 8 rings (SSSR count). The number of aryl methyl sites for hydroxylation is 1. The highest BCUT2D eigenvalue weighted by atomic mass is 35.5. The number of anilines is 1. The molecule has 5 aromatic rings. The quantitative estimate of drug-likeness (QED) is 0.171. The summed E-state index contributed by atoms with van der Waals surface area (Å²) in [5.41, 5.74) is 6.90. The zero-order chi connectivity index (χ0) is 34.9. The van der Waals surface area contributed by atoms with Gasteiger partial charge in [0.15, 0.2) is 5.13 Å². The van der Waals surface area contributed by atoms with Gasteiger partial charge >= 0.3 is 6.03 Å². The molecule has 3 aliphatic rings. The number of carbonyl (C=O) groups excluding carboxylic acids is 2. The molecular weight excluding hydrogens is 680 g/mol. The van der Waals surface area contributed by atoms with Crippen LogP contribution >= 0.6 is 22.9 Å². The van der Waals surface area contributed by atoms with Crippen molar-refractivity contribution in [2.75, 3.05) is 25.5 Å². The molecule has 10 nitrogen and oxygen atoms in total. The SMILES string of the molecule is CN(C(=O)c1ccc(-n2nc(-c3cccnc3)c3c2-c2sc(NC(=O)NCc4ccccc4)nc2CC3)cc1Cl)[C@H]1CC[C@@H](N2CCCC2)CC1. The first-order valence-corrected chi connectivity index (χ1v) is 19.0. The molecular formula is C39H41ClN8O2S. The molecule has 4 heterocycles. The van der Waals surface area contributed by atoms with Crippen molar-refractivity contribution in [2.24, 2.45) is 0 Å². The highest BCUT2D eigenvalue weighted by Crippen LogP contribution is 2.44.